The molecule has 0 bridgehead atoms. The van der Waals surface area contributed by atoms with Gasteiger partial charge in [0.05, 0.1) is 6.54 Å². The molecule has 26 heavy (non-hydrogen) atoms. The second-order valence-corrected chi connectivity index (χ2v) is 7.64. The number of imide groups is 1. The second kappa shape index (κ2) is 6.74. The Bertz CT molecular complexity index is 822. The number of carbonyl (C=O) groups is 2. The highest BCUT2D eigenvalue weighted by molar-refractivity contribution is 7.10. The van der Waals surface area contributed by atoms with E-state index >= 15 is 0 Å². The van der Waals surface area contributed by atoms with Gasteiger partial charge in [0.2, 0.25) is 0 Å². The summed E-state index contributed by atoms with van der Waals surface area (Å²) in [6.45, 7) is -0.0729. The number of fused-ring (bicyclic) bond motifs is 2. The third kappa shape index (κ3) is 2.87. The summed E-state index contributed by atoms with van der Waals surface area (Å²) in [6, 6.07) is 10.6. The van der Waals surface area contributed by atoms with Crippen LogP contribution in [0.3, 0.4) is 0 Å². The maximum absolute atomic E-state index is 13.1. The minimum atomic E-state index is -0.968. The number of amides is 3. The lowest BCUT2D eigenvalue weighted by atomic mass is 9.80. The number of hydrogen-bond donors (Lipinski definition) is 2. The SMILES string of the molecule is O=C1N[C@]2(CCCc3sccc32)C(=O)N1C[C@H](O)COc1ccccc1. The Morgan fingerprint density at radius 2 is 2.08 bits per heavy atom. The van der Waals surface area contributed by atoms with Crippen molar-refractivity contribution in [1.29, 1.82) is 0 Å². The molecule has 1 aliphatic carbocycles. The van der Waals surface area contributed by atoms with Crippen molar-refractivity contribution in [1.82, 2.24) is 10.2 Å². The van der Waals surface area contributed by atoms with Gasteiger partial charge < -0.3 is 15.2 Å². The Hall–Kier alpha value is -2.38. The molecule has 2 aromatic rings. The van der Waals surface area contributed by atoms with Crippen LogP contribution >= 0.6 is 11.3 Å². The molecule has 2 atom stereocenters. The number of aliphatic hydroxyl groups is 1. The number of thiophene rings is 1. The van der Waals surface area contributed by atoms with Crippen molar-refractivity contribution in [3.05, 3.63) is 52.2 Å². The standard InChI is InChI=1S/C19H20N2O4S/c22-13(12-25-14-5-2-1-3-6-14)11-21-17(23)19(20-18(21)24)9-4-7-16-15(19)8-10-26-16/h1-3,5-6,8,10,13,22H,4,7,9,11-12H2,(H,20,24)/t13-,19-/m0/s1. The molecule has 0 radical (unpaired) electrons. The molecule has 2 N–H and O–H groups in total. The Morgan fingerprint density at radius 3 is 2.88 bits per heavy atom. The van der Waals surface area contributed by atoms with Crippen LogP contribution in [0.15, 0.2) is 41.8 Å². The van der Waals surface area contributed by atoms with Crippen molar-refractivity contribution in [3.8, 4) is 5.75 Å². The first-order chi connectivity index (χ1) is 12.6. The smallest absolute Gasteiger partial charge is 0.325 e. The molecule has 1 spiro atoms. The number of ether oxygens (including phenoxy) is 1. The topological polar surface area (TPSA) is 78.9 Å². The number of β-amino-alcohol motifs (C(OH)–C–C–N with tert-alkyl or cyclic N) is 1. The van der Waals surface area contributed by atoms with Crippen LogP contribution in [-0.4, -0.2) is 41.2 Å². The molecule has 1 fully saturated rings. The fourth-order valence-corrected chi connectivity index (χ4v) is 4.68. The third-order valence-corrected chi connectivity index (χ3v) is 5.90. The molecule has 4 rings (SSSR count). The lowest BCUT2D eigenvalue weighted by Crippen LogP contribution is -2.46. The van der Waals surface area contributed by atoms with Crippen LogP contribution in [0, 0.1) is 0 Å². The molecule has 7 heteroatoms. The summed E-state index contributed by atoms with van der Waals surface area (Å²) in [6.07, 6.45) is 1.43. The number of carbonyl (C=O) groups excluding carboxylic acids is 2. The highest BCUT2D eigenvalue weighted by Gasteiger charge is 2.54. The van der Waals surface area contributed by atoms with E-state index in [1.807, 2.05) is 29.6 Å². The van der Waals surface area contributed by atoms with Gasteiger partial charge in [-0.3, -0.25) is 9.69 Å². The van der Waals surface area contributed by atoms with Gasteiger partial charge in [-0.05, 0) is 42.8 Å². The fourth-order valence-electron chi connectivity index (χ4n) is 3.68. The molecule has 3 amide bonds. The molecule has 1 saturated heterocycles. The predicted molar refractivity (Wildman–Crippen MR) is 97.1 cm³/mol. The third-order valence-electron chi connectivity index (χ3n) is 4.92. The minimum absolute atomic E-state index is 0.0117. The van der Waals surface area contributed by atoms with E-state index in [1.165, 1.54) is 0 Å². The Labute approximate surface area is 155 Å². The number of urea groups is 1. The van der Waals surface area contributed by atoms with Crippen LogP contribution < -0.4 is 10.1 Å². The van der Waals surface area contributed by atoms with E-state index in [-0.39, 0.29) is 19.1 Å². The lowest BCUT2D eigenvalue weighted by molar-refractivity contribution is -0.133. The monoisotopic (exact) mass is 372 g/mol. The van der Waals surface area contributed by atoms with Gasteiger partial charge in [0.15, 0.2) is 0 Å². The van der Waals surface area contributed by atoms with Crippen molar-refractivity contribution in [2.45, 2.75) is 30.9 Å². The molecular formula is C19H20N2O4S. The van der Waals surface area contributed by atoms with Crippen LogP contribution in [-0.2, 0) is 16.8 Å². The first-order valence-corrected chi connectivity index (χ1v) is 9.55. The zero-order valence-corrected chi connectivity index (χ0v) is 15.0. The molecule has 2 heterocycles. The summed E-state index contributed by atoms with van der Waals surface area (Å²) in [5.41, 5.74) is -0.0605. The highest BCUT2D eigenvalue weighted by atomic mass is 32.1. The van der Waals surface area contributed by atoms with E-state index in [0.29, 0.717) is 12.2 Å². The average molecular weight is 372 g/mol. The summed E-state index contributed by atoms with van der Waals surface area (Å²) in [7, 11) is 0. The van der Waals surface area contributed by atoms with E-state index in [4.69, 9.17) is 4.74 Å². The van der Waals surface area contributed by atoms with Gasteiger partial charge in [0, 0.05) is 10.4 Å². The Balaban J connectivity index is 1.45. The van der Waals surface area contributed by atoms with Gasteiger partial charge in [-0.15, -0.1) is 11.3 Å². The average Bonchev–Trinajstić information content (AvgIpc) is 3.22. The maximum Gasteiger partial charge on any atom is 0.325 e. The van der Waals surface area contributed by atoms with Crippen molar-refractivity contribution in [2.75, 3.05) is 13.2 Å². The summed E-state index contributed by atoms with van der Waals surface area (Å²) in [5.74, 6) is 0.357. The van der Waals surface area contributed by atoms with Crippen LogP contribution in [0.5, 0.6) is 5.75 Å². The molecular weight excluding hydrogens is 352 g/mol. The first-order valence-electron chi connectivity index (χ1n) is 8.67. The van der Waals surface area contributed by atoms with E-state index in [1.54, 1.807) is 23.5 Å². The zero-order chi connectivity index (χ0) is 18.1. The van der Waals surface area contributed by atoms with Gasteiger partial charge in [0.1, 0.15) is 24.0 Å². The number of aliphatic hydroxyl groups excluding tert-OH is 1. The molecule has 0 saturated carbocycles. The first kappa shape index (κ1) is 17.1. The molecule has 1 aromatic carbocycles. The summed E-state index contributed by atoms with van der Waals surface area (Å²) >= 11 is 1.62. The molecule has 6 nitrogen and oxygen atoms in total. The fraction of sp³-hybridized carbons (Fsp3) is 0.368. The van der Waals surface area contributed by atoms with Crippen LogP contribution in [0.1, 0.15) is 23.3 Å². The van der Waals surface area contributed by atoms with Crippen LogP contribution in [0.4, 0.5) is 4.79 Å². The number of para-hydroxylation sites is 1. The van der Waals surface area contributed by atoms with Crippen molar-refractivity contribution < 1.29 is 19.4 Å². The van der Waals surface area contributed by atoms with E-state index in [2.05, 4.69) is 5.32 Å². The van der Waals surface area contributed by atoms with Gasteiger partial charge in [-0.1, -0.05) is 18.2 Å². The molecule has 1 aliphatic heterocycles. The number of nitrogens with zero attached hydrogens (tertiary/aromatic N) is 1. The number of nitrogens with one attached hydrogen (secondary N) is 1. The summed E-state index contributed by atoms with van der Waals surface area (Å²) in [5, 5.41) is 15.1. The van der Waals surface area contributed by atoms with Gasteiger partial charge in [0.25, 0.3) is 5.91 Å². The second-order valence-electron chi connectivity index (χ2n) is 6.64. The molecule has 136 valence electrons. The van der Waals surface area contributed by atoms with Crippen LogP contribution in [0.25, 0.3) is 0 Å². The van der Waals surface area contributed by atoms with E-state index < -0.39 is 17.7 Å². The van der Waals surface area contributed by atoms with E-state index in [9.17, 15) is 14.7 Å². The summed E-state index contributed by atoms with van der Waals surface area (Å²) in [4.78, 5) is 27.8. The van der Waals surface area contributed by atoms with Gasteiger partial charge >= 0.3 is 6.03 Å². The summed E-state index contributed by atoms with van der Waals surface area (Å²) < 4.78 is 5.51. The number of aryl methyl sites for hydroxylation is 1. The quantitative estimate of drug-likeness (QED) is 0.789. The van der Waals surface area contributed by atoms with E-state index in [0.717, 1.165) is 28.2 Å². The Morgan fingerprint density at radius 1 is 1.27 bits per heavy atom. The zero-order valence-electron chi connectivity index (χ0n) is 14.2. The maximum atomic E-state index is 13.1. The molecule has 1 aromatic heterocycles. The van der Waals surface area contributed by atoms with Crippen molar-refractivity contribution in [2.24, 2.45) is 0 Å². The lowest BCUT2D eigenvalue weighted by Gasteiger charge is -2.31. The normalized spacial score (nSPS) is 23.0. The van der Waals surface area contributed by atoms with Crippen LogP contribution in [0.2, 0.25) is 0 Å². The Kier molecular flexibility index (Phi) is 4.42. The minimum Gasteiger partial charge on any atom is -0.491 e. The van der Waals surface area contributed by atoms with Gasteiger partial charge in [-0.2, -0.15) is 0 Å². The largest absolute Gasteiger partial charge is 0.491 e. The van der Waals surface area contributed by atoms with Crippen molar-refractivity contribution >= 4 is 23.3 Å². The number of hydrogen-bond acceptors (Lipinski definition) is 5. The predicted octanol–water partition coefficient (Wildman–Crippen LogP) is 2.27. The number of rotatable bonds is 5. The molecule has 0 unspecified atom stereocenters. The van der Waals surface area contributed by atoms with Crippen molar-refractivity contribution in [3.63, 3.8) is 0 Å². The highest BCUT2D eigenvalue weighted by Crippen LogP contribution is 2.42. The molecule has 2 aliphatic rings. The van der Waals surface area contributed by atoms with Gasteiger partial charge in [-0.25, -0.2) is 4.79 Å². The number of benzene rings is 1.